The van der Waals surface area contributed by atoms with Crippen molar-refractivity contribution in [3.63, 3.8) is 0 Å². The fourth-order valence-corrected chi connectivity index (χ4v) is 3.29. The highest BCUT2D eigenvalue weighted by atomic mass is 16.4. The largest absolute Gasteiger partial charge is 0.481 e. The van der Waals surface area contributed by atoms with Gasteiger partial charge >= 0.3 is 5.97 Å². The number of aliphatic hydroxyl groups excluding tert-OH is 1. The molecule has 0 saturated carbocycles. The van der Waals surface area contributed by atoms with E-state index >= 15 is 0 Å². The number of rotatable bonds is 16. The van der Waals surface area contributed by atoms with Gasteiger partial charge in [-0.15, -0.1) is 0 Å². The number of unbranched alkanes of at least 4 members (excludes halogenated alkanes) is 5. The molecule has 4 heteroatoms. The van der Waals surface area contributed by atoms with Crippen LogP contribution < -0.4 is 0 Å². The average Bonchev–Trinajstić information content (AvgIpc) is 2.48. The van der Waals surface area contributed by atoms with Gasteiger partial charge in [0.1, 0.15) is 0 Å². The first-order valence-electron chi connectivity index (χ1n) is 9.90. The van der Waals surface area contributed by atoms with Gasteiger partial charge in [-0.05, 0) is 51.9 Å². The lowest BCUT2D eigenvalue weighted by atomic mass is 9.87. The predicted molar refractivity (Wildman–Crippen MR) is 99.1 cm³/mol. The molecule has 3 N–H and O–H groups in total. The lowest BCUT2D eigenvalue weighted by Crippen LogP contribution is -2.25. The second-order valence-corrected chi connectivity index (χ2v) is 7.69. The minimum atomic E-state index is -0.720. The monoisotopic (exact) mass is 344 g/mol. The van der Waals surface area contributed by atoms with E-state index in [1.54, 1.807) is 0 Å². The molecule has 0 aliphatic rings. The molecular weight excluding hydrogens is 304 g/mol. The Bertz CT molecular complexity index is 313. The highest BCUT2D eigenvalue weighted by Crippen LogP contribution is 2.26. The van der Waals surface area contributed by atoms with E-state index in [-0.39, 0.29) is 18.4 Å². The zero-order valence-electron chi connectivity index (χ0n) is 16.1. The SMILES string of the molecule is CCCCCC(C)(O)CCCC(CCCCCCC(=O)O)C(C)O. The molecule has 0 saturated heterocycles. The minimum Gasteiger partial charge on any atom is -0.481 e. The summed E-state index contributed by atoms with van der Waals surface area (Å²) in [6, 6.07) is 0. The van der Waals surface area contributed by atoms with Crippen molar-refractivity contribution >= 4 is 5.97 Å². The van der Waals surface area contributed by atoms with Gasteiger partial charge in [0.05, 0.1) is 11.7 Å². The van der Waals surface area contributed by atoms with E-state index in [2.05, 4.69) is 6.92 Å². The van der Waals surface area contributed by atoms with E-state index in [0.717, 1.165) is 64.2 Å². The zero-order chi connectivity index (χ0) is 18.4. The Balaban J connectivity index is 3.89. The fraction of sp³-hybridized carbons (Fsp3) is 0.950. The first-order valence-corrected chi connectivity index (χ1v) is 9.90. The molecule has 0 aliphatic carbocycles. The molecule has 0 fully saturated rings. The summed E-state index contributed by atoms with van der Waals surface area (Å²) in [5.41, 5.74) is -0.574. The summed E-state index contributed by atoms with van der Waals surface area (Å²) in [4.78, 5) is 10.5. The molecule has 0 bridgehead atoms. The molecular formula is C20H40O4. The van der Waals surface area contributed by atoms with Crippen molar-refractivity contribution in [1.29, 1.82) is 0 Å². The van der Waals surface area contributed by atoms with Crippen molar-refractivity contribution < 1.29 is 20.1 Å². The van der Waals surface area contributed by atoms with Gasteiger partial charge in [0.15, 0.2) is 0 Å². The number of hydrogen-bond acceptors (Lipinski definition) is 3. The molecule has 4 nitrogen and oxygen atoms in total. The molecule has 0 spiro atoms. The molecule has 0 aromatic heterocycles. The Morgan fingerprint density at radius 1 is 0.958 bits per heavy atom. The standard InChI is InChI=1S/C20H40O4/c1-4-5-10-15-20(3,24)16-11-13-18(17(2)21)12-8-6-7-9-14-19(22)23/h17-18,21,24H,4-16H2,1-3H3,(H,22,23). The first kappa shape index (κ1) is 23.4. The van der Waals surface area contributed by atoms with Gasteiger partial charge in [-0.1, -0.05) is 51.9 Å². The molecule has 144 valence electrons. The van der Waals surface area contributed by atoms with Crippen molar-refractivity contribution in [2.45, 2.75) is 116 Å². The summed E-state index contributed by atoms with van der Waals surface area (Å²) >= 11 is 0. The molecule has 3 unspecified atom stereocenters. The Kier molecular flexibility index (Phi) is 13.3. The van der Waals surface area contributed by atoms with Crippen molar-refractivity contribution in [1.82, 2.24) is 0 Å². The van der Waals surface area contributed by atoms with Crippen molar-refractivity contribution in [2.24, 2.45) is 5.92 Å². The van der Waals surface area contributed by atoms with E-state index < -0.39 is 11.6 Å². The van der Waals surface area contributed by atoms with Crippen LogP contribution in [-0.2, 0) is 4.79 Å². The van der Waals surface area contributed by atoms with Gasteiger partial charge in [-0.25, -0.2) is 0 Å². The van der Waals surface area contributed by atoms with Gasteiger partial charge in [0.2, 0.25) is 0 Å². The molecule has 0 radical (unpaired) electrons. The van der Waals surface area contributed by atoms with Crippen LogP contribution in [0.25, 0.3) is 0 Å². The molecule has 0 heterocycles. The van der Waals surface area contributed by atoms with Gasteiger partial charge < -0.3 is 15.3 Å². The van der Waals surface area contributed by atoms with Crippen LogP contribution in [0.2, 0.25) is 0 Å². The summed E-state index contributed by atoms with van der Waals surface area (Å²) in [5, 5.41) is 29.0. The lowest BCUT2D eigenvalue weighted by molar-refractivity contribution is -0.137. The van der Waals surface area contributed by atoms with E-state index in [1.807, 2.05) is 13.8 Å². The highest BCUT2D eigenvalue weighted by molar-refractivity contribution is 5.66. The van der Waals surface area contributed by atoms with Crippen LogP contribution >= 0.6 is 0 Å². The third-order valence-corrected chi connectivity index (χ3v) is 5.01. The first-order chi connectivity index (χ1) is 11.3. The van der Waals surface area contributed by atoms with Gasteiger partial charge in [0, 0.05) is 6.42 Å². The Hall–Kier alpha value is -0.610. The molecule has 0 rings (SSSR count). The van der Waals surface area contributed by atoms with E-state index in [1.165, 1.54) is 12.8 Å². The number of hydrogen-bond donors (Lipinski definition) is 3. The van der Waals surface area contributed by atoms with Crippen LogP contribution in [0.15, 0.2) is 0 Å². The Labute approximate surface area is 148 Å². The lowest BCUT2D eigenvalue weighted by Gasteiger charge is -2.25. The molecule has 0 aromatic carbocycles. The van der Waals surface area contributed by atoms with Crippen LogP contribution in [0.3, 0.4) is 0 Å². The predicted octanol–water partition coefficient (Wildman–Crippen LogP) is 4.91. The van der Waals surface area contributed by atoms with Crippen LogP contribution in [0.5, 0.6) is 0 Å². The van der Waals surface area contributed by atoms with Crippen molar-refractivity contribution in [3.8, 4) is 0 Å². The van der Waals surface area contributed by atoms with Crippen molar-refractivity contribution in [2.75, 3.05) is 0 Å². The summed E-state index contributed by atoms with van der Waals surface area (Å²) in [5.74, 6) is -0.432. The zero-order valence-corrected chi connectivity index (χ0v) is 16.1. The molecule has 24 heavy (non-hydrogen) atoms. The smallest absolute Gasteiger partial charge is 0.303 e. The maximum atomic E-state index is 10.5. The number of aliphatic carboxylic acids is 1. The van der Waals surface area contributed by atoms with Crippen LogP contribution in [0.1, 0.15) is 104 Å². The molecule has 0 amide bonds. The third kappa shape index (κ3) is 13.8. The van der Waals surface area contributed by atoms with Crippen LogP contribution in [0.4, 0.5) is 0 Å². The molecule has 3 atom stereocenters. The summed E-state index contributed by atoms with van der Waals surface area (Å²) in [6.45, 7) is 5.96. The van der Waals surface area contributed by atoms with Crippen LogP contribution in [0, 0.1) is 5.92 Å². The number of carboxylic acids is 1. The van der Waals surface area contributed by atoms with Gasteiger partial charge in [-0.2, -0.15) is 0 Å². The number of carboxylic acid groups (broad SMARTS) is 1. The second-order valence-electron chi connectivity index (χ2n) is 7.69. The maximum Gasteiger partial charge on any atom is 0.303 e. The van der Waals surface area contributed by atoms with Crippen molar-refractivity contribution in [3.05, 3.63) is 0 Å². The molecule has 0 aliphatic heterocycles. The fourth-order valence-electron chi connectivity index (χ4n) is 3.29. The van der Waals surface area contributed by atoms with E-state index in [0.29, 0.717) is 0 Å². The minimum absolute atomic E-state index is 0.257. The van der Waals surface area contributed by atoms with E-state index in [4.69, 9.17) is 5.11 Å². The van der Waals surface area contributed by atoms with Crippen LogP contribution in [-0.4, -0.2) is 33.0 Å². The summed E-state index contributed by atoms with van der Waals surface area (Å²) in [7, 11) is 0. The van der Waals surface area contributed by atoms with Gasteiger partial charge in [0.25, 0.3) is 0 Å². The highest BCUT2D eigenvalue weighted by Gasteiger charge is 2.21. The average molecular weight is 345 g/mol. The molecule has 0 aromatic rings. The van der Waals surface area contributed by atoms with Gasteiger partial charge in [-0.3, -0.25) is 4.79 Å². The summed E-state index contributed by atoms with van der Waals surface area (Å²) in [6.07, 6.45) is 11.7. The number of aliphatic hydroxyl groups is 2. The Morgan fingerprint density at radius 3 is 2.12 bits per heavy atom. The van der Waals surface area contributed by atoms with E-state index in [9.17, 15) is 15.0 Å². The number of carbonyl (C=O) groups is 1. The topological polar surface area (TPSA) is 77.8 Å². The Morgan fingerprint density at radius 2 is 1.54 bits per heavy atom. The second kappa shape index (κ2) is 13.7. The third-order valence-electron chi connectivity index (χ3n) is 5.01. The maximum absolute atomic E-state index is 10.5. The summed E-state index contributed by atoms with van der Waals surface area (Å²) < 4.78 is 0. The normalized spacial score (nSPS) is 16.5. The quantitative estimate of drug-likeness (QED) is 0.348.